The number of benzene rings is 1. The highest BCUT2D eigenvalue weighted by atomic mass is 19.1. The number of methoxy groups -OCH3 is 1. The summed E-state index contributed by atoms with van der Waals surface area (Å²) in [5, 5.41) is 0. The van der Waals surface area contributed by atoms with E-state index in [2.05, 4.69) is 0 Å². The quantitative estimate of drug-likeness (QED) is 0.864. The predicted molar refractivity (Wildman–Crippen MR) is 67.2 cm³/mol. The van der Waals surface area contributed by atoms with Gasteiger partial charge in [0, 0.05) is 19.6 Å². The summed E-state index contributed by atoms with van der Waals surface area (Å²) >= 11 is 0. The van der Waals surface area contributed by atoms with Gasteiger partial charge in [-0.3, -0.25) is 4.79 Å². The summed E-state index contributed by atoms with van der Waals surface area (Å²) in [5.41, 5.74) is 6.24. The van der Waals surface area contributed by atoms with Crippen LogP contribution in [0.5, 0.6) is 5.75 Å². The maximum atomic E-state index is 13.6. The molecule has 6 heteroatoms. The van der Waals surface area contributed by atoms with E-state index in [4.69, 9.17) is 15.2 Å². The zero-order chi connectivity index (χ0) is 13.8. The molecule has 1 fully saturated rings. The average Bonchev–Trinajstić information content (AvgIpc) is 2.41. The van der Waals surface area contributed by atoms with E-state index in [9.17, 15) is 9.18 Å². The highest BCUT2D eigenvalue weighted by molar-refractivity contribution is 5.78. The Morgan fingerprint density at radius 2 is 2.37 bits per heavy atom. The number of hydrogen-bond acceptors (Lipinski definition) is 4. The predicted octanol–water partition coefficient (Wildman–Crippen LogP) is 0.520. The first-order chi connectivity index (χ1) is 9.13. The van der Waals surface area contributed by atoms with Crippen molar-refractivity contribution in [3.8, 4) is 5.75 Å². The summed E-state index contributed by atoms with van der Waals surface area (Å²) in [4.78, 5) is 13.3. The number of nitrogens with two attached hydrogens (primary N) is 1. The van der Waals surface area contributed by atoms with Crippen molar-refractivity contribution in [3.63, 3.8) is 0 Å². The van der Waals surface area contributed by atoms with Gasteiger partial charge in [-0.05, 0) is 17.7 Å². The number of halogens is 1. The van der Waals surface area contributed by atoms with Gasteiger partial charge in [-0.15, -0.1) is 0 Å². The second-order valence-corrected chi connectivity index (χ2v) is 4.41. The maximum absolute atomic E-state index is 13.6. The Morgan fingerprint density at radius 1 is 1.58 bits per heavy atom. The van der Waals surface area contributed by atoms with Crippen LogP contribution < -0.4 is 10.5 Å². The fourth-order valence-corrected chi connectivity index (χ4v) is 2.00. The number of carbonyl (C=O) groups excluding carboxylic acids is 1. The molecule has 5 nitrogen and oxygen atoms in total. The Morgan fingerprint density at radius 3 is 3.00 bits per heavy atom. The third-order valence-corrected chi connectivity index (χ3v) is 3.07. The molecule has 1 aliphatic rings. The number of carbonyl (C=O) groups is 1. The molecule has 1 heterocycles. The second kappa shape index (κ2) is 5.99. The minimum atomic E-state index is -0.434. The standard InChI is InChI=1S/C13H17FN2O3/c1-18-12-3-2-9(4-11(12)14)6-16-7-10(5-15)19-8-13(16)17/h2-4,10H,5-8,15H2,1H3. The molecular weight excluding hydrogens is 251 g/mol. The van der Waals surface area contributed by atoms with Crippen LogP contribution in [0.1, 0.15) is 5.56 Å². The van der Waals surface area contributed by atoms with Crippen molar-refractivity contribution in [1.29, 1.82) is 0 Å². The average molecular weight is 268 g/mol. The maximum Gasteiger partial charge on any atom is 0.248 e. The molecular formula is C13H17FN2O3. The lowest BCUT2D eigenvalue weighted by Crippen LogP contribution is -2.48. The zero-order valence-corrected chi connectivity index (χ0v) is 10.8. The van der Waals surface area contributed by atoms with Gasteiger partial charge in [0.25, 0.3) is 0 Å². The van der Waals surface area contributed by atoms with Crippen molar-refractivity contribution in [2.24, 2.45) is 5.73 Å². The van der Waals surface area contributed by atoms with E-state index in [-0.39, 0.29) is 24.4 Å². The third-order valence-electron chi connectivity index (χ3n) is 3.07. The van der Waals surface area contributed by atoms with Gasteiger partial charge in [0.2, 0.25) is 5.91 Å². The van der Waals surface area contributed by atoms with Crippen LogP contribution in [0.2, 0.25) is 0 Å². The van der Waals surface area contributed by atoms with Gasteiger partial charge in [-0.1, -0.05) is 6.07 Å². The first-order valence-corrected chi connectivity index (χ1v) is 6.06. The van der Waals surface area contributed by atoms with Gasteiger partial charge in [0.15, 0.2) is 11.6 Å². The van der Waals surface area contributed by atoms with Crippen LogP contribution in [0, 0.1) is 5.82 Å². The Kier molecular flexibility index (Phi) is 4.34. The lowest BCUT2D eigenvalue weighted by molar-refractivity contribution is -0.149. The number of ether oxygens (including phenoxy) is 2. The molecule has 104 valence electrons. The van der Waals surface area contributed by atoms with Crippen LogP contribution in [0.4, 0.5) is 4.39 Å². The number of morpholine rings is 1. The Hall–Kier alpha value is -1.66. The molecule has 1 unspecified atom stereocenters. The van der Waals surface area contributed by atoms with Crippen molar-refractivity contribution in [2.75, 3.05) is 26.8 Å². The van der Waals surface area contributed by atoms with E-state index in [1.807, 2.05) is 0 Å². The smallest absolute Gasteiger partial charge is 0.248 e. The molecule has 0 spiro atoms. The van der Waals surface area contributed by atoms with Crippen molar-refractivity contribution < 1.29 is 18.7 Å². The molecule has 2 N–H and O–H groups in total. The number of amides is 1. The molecule has 1 aromatic carbocycles. The first kappa shape index (κ1) is 13.8. The van der Waals surface area contributed by atoms with Gasteiger partial charge in [-0.25, -0.2) is 4.39 Å². The molecule has 2 rings (SSSR count). The summed E-state index contributed by atoms with van der Waals surface area (Å²) in [6.45, 7) is 1.17. The summed E-state index contributed by atoms with van der Waals surface area (Å²) in [5.74, 6) is -0.353. The Bertz CT molecular complexity index is 467. The van der Waals surface area contributed by atoms with E-state index >= 15 is 0 Å². The van der Waals surface area contributed by atoms with Crippen LogP contribution in [0.15, 0.2) is 18.2 Å². The van der Waals surface area contributed by atoms with E-state index in [1.54, 1.807) is 17.0 Å². The summed E-state index contributed by atoms with van der Waals surface area (Å²) in [6, 6.07) is 4.66. The fraction of sp³-hybridized carbons (Fsp3) is 0.462. The lowest BCUT2D eigenvalue weighted by atomic mass is 10.1. The molecule has 1 aliphatic heterocycles. The van der Waals surface area contributed by atoms with Crippen LogP contribution >= 0.6 is 0 Å². The van der Waals surface area contributed by atoms with Crippen LogP contribution in [-0.2, 0) is 16.1 Å². The SMILES string of the molecule is COc1ccc(CN2CC(CN)OCC2=O)cc1F. The Labute approximate surface area is 111 Å². The molecule has 19 heavy (non-hydrogen) atoms. The summed E-state index contributed by atoms with van der Waals surface area (Å²) in [6.07, 6.45) is -0.152. The minimum Gasteiger partial charge on any atom is -0.494 e. The van der Waals surface area contributed by atoms with Crippen molar-refractivity contribution in [1.82, 2.24) is 4.90 Å². The van der Waals surface area contributed by atoms with Gasteiger partial charge in [-0.2, -0.15) is 0 Å². The first-order valence-electron chi connectivity index (χ1n) is 6.06. The summed E-state index contributed by atoms with van der Waals surface area (Å²) in [7, 11) is 1.41. The molecule has 0 saturated carbocycles. The third kappa shape index (κ3) is 3.21. The zero-order valence-electron chi connectivity index (χ0n) is 10.8. The highest BCUT2D eigenvalue weighted by Crippen LogP contribution is 2.19. The van der Waals surface area contributed by atoms with E-state index in [1.165, 1.54) is 13.2 Å². The molecule has 0 aliphatic carbocycles. The van der Waals surface area contributed by atoms with Gasteiger partial charge < -0.3 is 20.1 Å². The van der Waals surface area contributed by atoms with Crippen molar-refractivity contribution in [2.45, 2.75) is 12.6 Å². The molecule has 0 aromatic heterocycles. The minimum absolute atomic E-state index is 0.0283. The molecule has 1 saturated heterocycles. The molecule has 1 aromatic rings. The normalized spacial score (nSPS) is 19.6. The van der Waals surface area contributed by atoms with E-state index in [0.29, 0.717) is 25.2 Å². The van der Waals surface area contributed by atoms with E-state index in [0.717, 1.165) is 0 Å². The van der Waals surface area contributed by atoms with Crippen molar-refractivity contribution >= 4 is 5.91 Å². The fourth-order valence-electron chi connectivity index (χ4n) is 2.00. The van der Waals surface area contributed by atoms with Crippen LogP contribution in [0.25, 0.3) is 0 Å². The van der Waals surface area contributed by atoms with Gasteiger partial charge >= 0.3 is 0 Å². The molecule has 0 bridgehead atoms. The number of rotatable bonds is 4. The lowest BCUT2D eigenvalue weighted by Gasteiger charge is -2.32. The number of nitrogens with zero attached hydrogens (tertiary/aromatic N) is 1. The molecule has 1 atom stereocenters. The summed E-state index contributed by atoms with van der Waals surface area (Å²) < 4.78 is 23.7. The monoisotopic (exact) mass is 268 g/mol. The van der Waals surface area contributed by atoms with Crippen LogP contribution in [0.3, 0.4) is 0 Å². The highest BCUT2D eigenvalue weighted by Gasteiger charge is 2.25. The largest absolute Gasteiger partial charge is 0.494 e. The molecule has 1 amide bonds. The van der Waals surface area contributed by atoms with Gasteiger partial charge in [0.1, 0.15) is 6.61 Å². The number of hydrogen-bond donors (Lipinski definition) is 1. The van der Waals surface area contributed by atoms with Crippen LogP contribution in [-0.4, -0.2) is 43.7 Å². The Balaban J connectivity index is 2.07. The topological polar surface area (TPSA) is 64.8 Å². The van der Waals surface area contributed by atoms with Crippen molar-refractivity contribution in [3.05, 3.63) is 29.6 Å². The van der Waals surface area contributed by atoms with E-state index < -0.39 is 5.82 Å². The molecule has 0 radical (unpaired) electrons. The van der Waals surface area contributed by atoms with Gasteiger partial charge in [0.05, 0.1) is 13.2 Å². The second-order valence-electron chi connectivity index (χ2n) is 4.41.